The largest absolute Gasteiger partial charge is 0.368 e. The predicted octanol–water partition coefficient (Wildman–Crippen LogP) is 3.00. The van der Waals surface area contributed by atoms with Crippen LogP contribution in [0.25, 0.3) is 16.9 Å². The molecule has 1 aromatic carbocycles. The maximum atomic E-state index is 14.2. The number of amides is 1. The molecule has 0 radical (unpaired) electrons. The first-order valence-corrected chi connectivity index (χ1v) is 9.60. The molecule has 1 saturated heterocycles. The van der Waals surface area contributed by atoms with Gasteiger partial charge in [0.15, 0.2) is 11.5 Å². The fraction of sp³-hybridized carbons (Fsp3) is 0.400. The summed E-state index contributed by atoms with van der Waals surface area (Å²) in [4.78, 5) is 22.8. The Hall–Kier alpha value is -3.10. The van der Waals surface area contributed by atoms with Crippen LogP contribution in [0.15, 0.2) is 30.3 Å². The summed E-state index contributed by atoms with van der Waals surface area (Å²) in [5.41, 5.74) is 8.85. The normalized spacial score (nSPS) is 21.1. The molecule has 2 fully saturated rings. The SMILES string of the molecule is Cc1c(-c2ccccc2)nc(N)n2nc([C@@H]3CC(F)(F)CN3C(=O)C3CC3)nc12. The highest BCUT2D eigenvalue weighted by atomic mass is 19.3. The molecule has 9 heteroatoms. The van der Waals surface area contributed by atoms with E-state index in [9.17, 15) is 13.6 Å². The summed E-state index contributed by atoms with van der Waals surface area (Å²) < 4.78 is 29.7. The van der Waals surface area contributed by atoms with E-state index in [4.69, 9.17) is 5.73 Å². The lowest BCUT2D eigenvalue weighted by Crippen LogP contribution is -2.34. The van der Waals surface area contributed by atoms with Crippen molar-refractivity contribution >= 4 is 17.5 Å². The van der Waals surface area contributed by atoms with Crippen LogP contribution in [0.3, 0.4) is 0 Å². The average molecular weight is 398 g/mol. The van der Waals surface area contributed by atoms with Crippen molar-refractivity contribution in [1.82, 2.24) is 24.5 Å². The lowest BCUT2D eigenvalue weighted by molar-refractivity contribution is -0.134. The molecule has 0 bridgehead atoms. The fourth-order valence-electron chi connectivity index (χ4n) is 3.94. The molecule has 7 nitrogen and oxygen atoms in total. The molecule has 29 heavy (non-hydrogen) atoms. The molecular formula is C20H20F2N6O. The van der Waals surface area contributed by atoms with Gasteiger partial charge in [-0.3, -0.25) is 4.79 Å². The highest BCUT2D eigenvalue weighted by Crippen LogP contribution is 2.43. The first-order valence-electron chi connectivity index (χ1n) is 9.60. The van der Waals surface area contributed by atoms with Gasteiger partial charge in [-0.05, 0) is 19.8 Å². The predicted molar refractivity (Wildman–Crippen MR) is 102 cm³/mol. The van der Waals surface area contributed by atoms with Crippen molar-refractivity contribution in [1.29, 1.82) is 0 Å². The molecule has 1 saturated carbocycles. The molecule has 0 spiro atoms. The molecule has 0 unspecified atom stereocenters. The van der Waals surface area contributed by atoms with E-state index in [-0.39, 0.29) is 23.6 Å². The second kappa shape index (κ2) is 6.20. The smallest absolute Gasteiger partial charge is 0.267 e. The van der Waals surface area contributed by atoms with Gasteiger partial charge >= 0.3 is 0 Å². The average Bonchev–Trinajstić information content (AvgIpc) is 3.36. The van der Waals surface area contributed by atoms with Crippen molar-refractivity contribution in [2.24, 2.45) is 5.92 Å². The molecule has 1 aliphatic carbocycles. The molecular weight excluding hydrogens is 378 g/mol. The number of likely N-dealkylation sites (tertiary alicyclic amines) is 1. The monoisotopic (exact) mass is 398 g/mol. The Morgan fingerprint density at radius 1 is 1.21 bits per heavy atom. The number of rotatable bonds is 3. The zero-order chi connectivity index (χ0) is 20.3. The number of nitrogens with zero attached hydrogens (tertiary/aromatic N) is 5. The van der Waals surface area contributed by atoms with Gasteiger partial charge in [-0.2, -0.15) is 4.52 Å². The standard InChI is InChI=1S/C20H20F2N6O/c1-11-15(12-5-3-2-4-6-12)24-19(23)28-17(11)25-16(26-28)14-9-20(21,22)10-27(14)18(29)13-7-8-13/h2-6,13-14H,7-10H2,1H3,(H2,23,24)/t14-/m0/s1. The van der Waals surface area contributed by atoms with Gasteiger partial charge in [0.25, 0.3) is 5.92 Å². The van der Waals surface area contributed by atoms with Crippen LogP contribution >= 0.6 is 0 Å². The summed E-state index contributed by atoms with van der Waals surface area (Å²) in [5.74, 6) is -3.05. The Kier molecular flexibility index (Phi) is 3.84. The van der Waals surface area contributed by atoms with E-state index in [0.717, 1.165) is 24.0 Å². The van der Waals surface area contributed by atoms with Gasteiger partial charge in [-0.1, -0.05) is 30.3 Å². The minimum Gasteiger partial charge on any atom is -0.368 e. The number of alkyl halides is 2. The van der Waals surface area contributed by atoms with E-state index in [0.29, 0.717) is 11.3 Å². The van der Waals surface area contributed by atoms with E-state index in [1.165, 1.54) is 9.42 Å². The van der Waals surface area contributed by atoms with Crippen LogP contribution in [-0.2, 0) is 4.79 Å². The van der Waals surface area contributed by atoms with Crippen LogP contribution in [0.5, 0.6) is 0 Å². The number of hydrogen-bond acceptors (Lipinski definition) is 5. The fourth-order valence-corrected chi connectivity index (χ4v) is 3.94. The molecule has 1 aliphatic heterocycles. The van der Waals surface area contributed by atoms with Gasteiger partial charge in [0.05, 0.1) is 18.3 Å². The van der Waals surface area contributed by atoms with Crippen molar-refractivity contribution < 1.29 is 13.6 Å². The first kappa shape index (κ1) is 18.0. The van der Waals surface area contributed by atoms with Gasteiger partial charge in [-0.15, -0.1) is 5.10 Å². The number of carbonyl (C=O) groups excluding carboxylic acids is 1. The number of nitrogen functional groups attached to an aromatic ring is 1. The summed E-state index contributed by atoms with van der Waals surface area (Å²) in [6.45, 7) is 1.25. The number of halogens is 2. The van der Waals surface area contributed by atoms with E-state index in [1.54, 1.807) is 0 Å². The summed E-state index contributed by atoms with van der Waals surface area (Å²) in [6.07, 6.45) is 1.02. The molecule has 2 aliphatic rings. The Labute approximate surface area is 165 Å². The van der Waals surface area contributed by atoms with Crippen molar-refractivity contribution in [3.63, 3.8) is 0 Å². The minimum atomic E-state index is -2.96. The second-order valence-corrected chi connectivity index (χ2v) is 7.83. The van der Waals surface area contributed by atoms with Gasteiger partial charge in [-0.25, -0.2) is 18.7 Å². The van der Waals surface area contributed by atoms with Crippen molar-refractivity contribution in [3.8, 4) is 11.3 Å². The third-order valence-electron chi connectivity index (χ3n) is 5.58. The van der Waals surface area contributed by atoms with E-state index >= 15 is 0 Å². The first-order chi connectivity index (χ1) is 13.8. The second-order valence-electron chi connectivity index (χ2n) is 7.83. The Morgan fingerprint density at radius 3 is 2.62 bits per heavy atom. The topological polar surface area (TPSA) is 89.4 Å². The minimum absolute atomic E-state index is 0.119. The van der Waals surface area contributed by atoms with Crippen molar-refractivity contribution in [3.05, 3.63) is 41.7 Å². The van der Waals surface area contributed by atoms with Crippen molar-refractivity contribution in [2.45, 2.75) is 38.2 Å². The van der Waals surface area contributed by atoms with Crippen LogP contribution in [0.1, 0.15) is 36.7 Å². The molecule has 2 N–H and O–H groups in total. The molecule has 2 aromatic heterocycles. The number of aromatic nitrogens is 4. The maximum Gasteiger partial charge on any atom is 0.267 e. The summed E-state index contributed by atoms with van der Waals surface area (Å²) in [5, 5.41) is 4.36. The lowest BCUT2D eigenvalue weighted by Gasteiger charge is -2.21. The molecule has 1 atom stereocenters. The van der Waals surface area contributed by atoms with E-state index in [2.05, 4.69) is 15.1 Å². The number of nitrogens with two attached hydrogens (primary N) is 1. The van der Waals surface area contributed by atoms with Crippen LogP contribution < -0.4 is 5.73 Å². The number of carbonyl (C=O) groups is 1. The third kappa shape index (κ3) is 3.01. The van der Waals surface area contributed by atoms with Crippen LogP contribution in [0.4, 0.5) is 14.7 Å². The lowest BCUT2D eigenvalue weighted by atomic mass is 10.1. The van der Waals surface area contributed by atoms with Gasteiger partial charge < -0.3 is 10.6 Å². The third-order valence-corrected chi connectivity index (χ3v) is 5.58. The zero-order valence-corrected chi connectivity index (χ0v) is 15.8. The Bertz CT molecular complexity index is 1110. The molecule has 5 rings (SSSR count). The summed E-state index contributed by atoms with van der Waals surface area (Å²) >= 11 is 0. The summed E-state index contributed by atoms with van der Waals surface area (Å²) in [7, 11) is 0. The highest BCUT2D eigenvalue weighted by Gasteiger charge is 2.51. The van der Waals surface area contributed by atoms with Gasteiger partial charge in [0, 0.05) is 23.5 Å². The highest BCUT2D eigenvalue weighted by molar-refractivity contribution is 5.82. The number of anilines is 1. The molecule has 150 valence electrons. The molecule has 3 aromatic rings. The number of aryl methyl sites for hydroxylation is 1. The number of fused-ring (bicyclic) bond motifs is 1. The van der Waals surface area contributed by atoms with Crippen LogP contribution in [0, 0.1) is 12.8 Å². The van der Waals surface area contributed by atoms with E-state index in [1.807, 2.05) is 37.3 Å². The summed E-state index contributed by atoms with van der Waals surface area (Å²) in [6, 6.07) is 8.66. The Morgan fingerprint density at radius 2 is 1.93 bits per heavy atom. The molecule has 1 amide bonds. The number of hydrogen-bond donors (Lipinski definition) is 1. The number of benzene rings is 1. The molecule has 3 heterocycles. The zero-order valence-electron chi connectivity index (χ0n) is 15.8. The van der Waals surface area contributed by atoms with Crippen molar-refractivity contribution in [2.75, 3.05) is 12.3 Å². The van der Waals surface area contributed by atoms with E-state index < -0.39 is 24.9 Å². The Balaban J connectivity index is 1.60. The van der Waals surface area contributed by atoms with Gasteiger partial charge in [0.1, 0.15) is 0 Å². The van der Waals surface area contributed by atoms with Gasteiger partial charge in [0.2, 0.25) is 11.9 Å². The van der Waals surface area contributed by atoms with Crippen LogP contribution in [-0.4, -0.2) is 42.9 Å². The maximum absolute atomic E-state index is 14.2. The quantitative estimate of drug-likeness (QED) is 0.733. The van der Waals surface area contributed by atoms with Crippen LogP contribution in [0.2, 0.25) is 0 Å².